The van der Waals surface area contributed by atoms with Crippen LogP contribution in [0.4, 0.5) is 10.5 Å². The van der Waals surface area contributed by atoms with Crippen molar-refractivity contribution in [1.29, 1.82) is 0 Å². The Kier molecular flexibility index (Phi) is 9.77. The first-order valence-corrected chi connectivity index (χ1v) is 16.0. The third kappa shape index (κ3) is 6.97. The van der Waals surface area contributed by atoms with Crippen LogP contribution in [0.15, 0.2) is 97.1 Å². The van der Waals surface area contributed by atoms with Gasteiger partial charge in [-0.05, 0) is 72.7 Å². The smallest absolute Gasteiger partial charge is 0.420 e. The van der Waals surface area contributed by atoms with Gasteiger partial charge in [-0.15, -0.1) is 0 Å². The zero-order chi connectivity index (χ0) is 32.9. The van der Waals surface area contributed by atoms with E-state index in [1.807, 2.05) is 72.8 Å². The van der Waals surface area contributed by atoms with E-state index in [0.29, 0.717) is 31.6 Å². The molecule has 0 bridgehead atoms. The molecule has 6 rings (SSSR count). The lowest BCUT2D eigenvalue weighted by atomic mass is 9.84. The molecule has 2 amide bonds. The van der Waals surface area contributed by atoms with Gasteiger partial charge in [0.15, 0.2) is 0 Å². The van der Waals surface area contributed by atoms with Crippen molar-refractivity contribution in [3.63, 3.8) is 0 Å². The Bertz CT molecular complexity index is 1760. The zero-order valence-corrected chi connectivity index (χ0v) is 27.0. The number of aromatic nitrogens is 2. The minimum Gasteiger partial charge on any atom is -0.452 e. The highest BCUT2D eigenvalue weighted by atomic mass is 16.5. The number of hydrogen-bond acceptors (Lipinski definition) is 7. The number of aryl methyl sites for hydroxylation is 3. The topological polar surface area (TPSA) is 123 Å². The highest BCUT2D eigenvalue weighted by molar-refractivity contribution is 6.15. The van der Waals surface area contributed by atoms with Crippen LogP contribution in [0, 0.1) is 13.8 Å². The Hall–Kier alpha value is -4.83. The fourth-order valence-corrected chi connectivity index (χ4v) is 6.35. The van der Waals surface area contributed by atoms with Gasteiger partial charge in [-0.3, -0.25) is 4.79 Å². The molecule has 1 fully saturated rings. The molecule has 1 saturated heterocycles. The number of imidazole rings is 1. The normalized spacial score (nSPS) is 17.0. The number of methoxy groups -OCH3 is 1. The van der Waals surface area contributed by atoms with Crippen LogP contribution in [0.2, 0.25) is 0 Å². The van der Waals surface area contributed by atoms with Crippen molar-refractivity contribution in [2.45, 2.75) is 50.9 Å². The summed E-state index contributed by atoms with van der Waals surface area (Å²) in [5.74, 6) is -0.229. The van der Waals surface area contributed by atoms with Gasteiger partial charge in [0.05, 0.1) is 36.0 Å². The van der Waals surface area contributed by atoms with E-state index < -0.39 is 24.0 Å². The number of amides is 2. The molecule has 1 aliphatic heterocycles. The van der Waals surface area contributed by atoms with Crippen molar-refractivity contribution in [1.82, 2.24) is 15.3 Å². The fraction of sp³-hybridized carbons (Fsp3) is 0.289. The SMILES string of the molecule is COC(=O)N(C(=O)[C@@H](N)C(c1ccccc1)c1ccccc1)c1ccccc1CC[C@@H]1CNC[C@@H](c2nc3cc(C)c(C)cc3[nH]2)O1. The number of fused-ring (bicyclic) bond motifs is 1. The summed E-state index contributed by atoms with van der Waals surface area (Å²) in [5, 5.41) is 3.49. The number of benzene rings is 4. The molecule has 4 aromatic carbocycles. The van der Waals surface area contributed by atoms with Gasteiger partial charge in [-0.25, -0.2) is 14.7 Å². The van der Waals surface area contributed by atoms with E-state index in [1.165, 1.54) is 18.2 Å². The maximum atomic E-state index is 14.3. The number of imide groups is 1. The summed E-state index contributed by atoms with van der Waals surface area (Å²) in [6.45, 7) is 5.51. The molecule has 5 aromatic rings. The average molecular weight is 632 g/mol. The number of carbonyl (C=O) groups is 2. The first kappa shape index (κ1) is 32.1. The predicted octanol–water partition coefficient (Wildman–Crippen LogP) is 6.10. The molecule has 0 aliphatic carbocycles. The number of morpholine rings is 1. The molecule has 0 spiro atoms. The second-order valence-electron chi connectivity index (χ2n) is 12.1. The van der Waals surface area contributed by atoms with Crippen molar-refractivity contribution in [2.75, 3.05) is 25.1 Å². The first-order chi connectivity index (χ1) is 22.8. The second-order valence-corrected chi connectivity index (χ2v) is 12.1. The fourth-order valence-electron chi connectivity index (χ4n) is 6.35. The Morgan fingerprint density at radius 2 is 1.57 bits per heavy atom. The van der Waals surface area contributed by atoms with E-state index in [-0.39, 0.29) is 12.2 Å². The lowest BCUT2D eigenvalue weighted by Crippen LogP contribution is -2.50. The third-order valence-electron chi connectivity index (χ3n) is 8.99. The standard InChI is InChI=1S/C38H41N5O4/c1-24-20-30-31(21-25(24)2)42-36(41-30)33-23-40-22-29(47-33)19-18-26-12-10-11-17-32(26)43(38(45)46-3)37(44)35(39)34(27-13-6-4-7-14-27)28-15-8-5-9-16-28/h4-17,20-21,29,33-35,40H,18-19,22-23,39H2,1-3H3,(H,41,42)/t29-,33+,35+/m1/s1. The predicted molar refractivity (Wildman–Crippen MR) is 183 cm³/mol. The van der Waals surface area contributed by atoms with E-state index in [4.69, 9.17) is 20.2 Å². The summed E-state index contributed by atoms with van der Waals surface area (Å²) in [6, 6.07) is 29.8. The molecule has 242 valence electrons. The van der Waals surface area contributed by atoms with Crippen molar-refractivity contribution in [3.8, 4) is 0 Å². The van der Waals surface area contributed by atoms with E-state index in [0.717, 1.165) is 38.4 Å². The molecule has 9 nitrogen and oxygen atoms in total. The van der Waals surface area contributed by atoms with E-state index in [1.54, 1.807) is 12.1 Å². The molecule has 47 heavy (non-hydrogen) atoms. The van der Waals surface area contributed by atoms with Crippen LogP contribution in [0.5, 0.6) is 0 Å². The molecule has 0 radical (unpaired) electrons. The maximum absolute atomic E-state index is 14.3. The van der Waals surface area contributed by atoms with Gasteiger partial charge in [0.1, 0.15) is 11.9 Å². The molecule has 3 atom stereocenters. The Labute approximate surface area is 275 Å². The molecule has 2 heterocycles. The maximum Gasteiger partial charge on any atom is 0.420 e. The van der Waals surface area contributed by atoms with Gasteiger partial charge >= 0.3 is 6.09 Å². The number of rotatable bonds is 9. The van der Waals surface area contributed by atoms with Crippen LogP contribution < -0.4 is 16.0 Å². The summed E-state index contributed by atoms with van der Waals surface area (Å²) >= 11 is 0. The van der Waals surface area contributed by atoms with Crippen LogP contribution in [0.25, 0.3) is 11.0 Å². The van der Waals surface area contributed by atoms with E-state index in [2.05, 4.69) is 36.3 Å². The lowest BCUT2D eigenvalue weighted by Gasteiger charge is -2.31. The average Bonchev–Trinajstić information content (AvgIpc) is 3.51. The van der Waals surface area contributed by atoms with Gasteiger partial charge in [-0.1, -0.05) is 78.9 Å². The van der Waals surface area contributed by atoms with Crippen LogP contribution in [-0.2, 0) is 20.7 Å². The molecule has 4 N–H and O–H groups in total. The van der Waals surface area contributed by atoms with Crippen molar-refractivity contribution in [2.24, 2.45) is 5.73 Å². The van der Waals surface area contributed by atoms with Crippen LogP contribution in [-0.4, -0.2) is 54.3 Å². The van der Waals surface area contributed by atoms with Crippen molar-refractivity contribution < 1.29 is 19.1 Å². The minimum atomic E-state index is -1.06. The van der Waals surface area contributed by atoms with Crippen molar-refractivity contribution >= 4 is 28.7 Å². The number of para-hydroxylation sites is 1. The van der Waals surface area contributed by atoms with E-state index in [9.17, 15) is 9.59 Å². The van der Waals surface area contributed by atoms with E-state index >= 15 is 0 Å². The summed E-state index contributed by atoms with van der Waals surface area (Å²) in [5.41, 5.74) is 14.1. The molecular weight excluding hydrogens is 590 g/mol. The van der Waals surface area contributed by atoms with Crippen LogP contribution in [0.1, 0.15) is 52.1 Å². The van der Waals surface area contributed by atoms with Gasteiger partial charge in [0.2, 0.25) is 0 Å². The quantitative estimate of drug-likeness (QED) is 0.180. The number of aromatic amines is 1. The molecule has 1 aliphatic rings. The Morgan fingerprint density at radius 1 is 0.936 bits per heavy atom. The number of H-pyrrole nitrogens is 1. The van der Waals surface area contributed by atoms with Gasteiger partial charge in [-0.2, -0.15) is 0 Å². The summed E-state index contributed by atoms with van der Waals surface area (Å²) in [7, 11) is 1.27. The largest absolute Gasteiger partial charge is 0.452 e. The van der Waals surface area contributed by atoms with Gasteiger partial charge in [0, 0.05) is 19.0 Å². The Morgan fingerprint density at radius 3 is 2.26 bits per heavy atom. The summed E-state index contributed by atoms with van der Waals surface area (Å²) < 4.78 is 11.7. The van der Waals surface area contributed by atoms with Crippen LogP contribution in [0.3, 0.4) is 0 Å². The Balaban J connectivity index is 1.22. The second kappa shape index (κ2) is 14.3. The monoisotopic (exact) mass is 631 g/mol. The minimum absolute atomic E-state index is 0.108. The molecular formula is C38H41N5O4. The number of ether oxygens (including phenoxy) is 2. The number of nitrogens with one attached hydrogen (secondary N) is 2. The number of carbonyl (C=O) groups excluding carboxylic acids is 2. The molecule has 9 heteroatoms. The van der Waals surface area contributed by atoms with Gasteiger partial charge < -0.3 is 25.5 Å². The van der Waals surface area contributed by atoms with Crippen LogP contribution >= 0.6 is 0 Å². The summed E-state index contributed by atoms with van der Waals surface area (Å²) in [6.07, 6.45) is 0.0959. The lowest BCUT2D eigenvalue weighted by molar-refractivity contribution is -0.119. The number of hydrogen-bond donors (Lipinski definition) is 3. The molecule has 0 saturated carbocycles. The zero-order valence-electron chi connectivity index (χ0n) is 27.0. The van der Waals surface area contributed by atoms with Gasteiger partial charge in [0.25, 0.3) is 5.91 Å². The van der Waals surface area contributed by atoms with Crippen molar-refractivity contribution in [3.05, 3.63) is 131 Å². The third-order valence-corrected chi connectivity index (χ3v) is 8.99. The molecule has 0 unspecified atom stereocenters. The highest BCUT2D eigenvalue weighted by Crippen LogP contribution is 2.32. The number of anilines is 1. The number of nitrogens with two attached hydrogens (primary N) is 1. The number of nitrogens with zero attached hydrogens (tertiary/aromatic N) is 2. The molecule has 1 aromatic heterocycles. The first-order valence-electron chi connectivity index (χ1n) is 16.0. The highest BCUT2D eigenvalue weighted by Gasteiger charge is 2.36. The summed E-state index contributed by atoms with van der Waals surface area (Å²) in [4.78, 5) is 36.9.